The molecule has 0 bridgehead atoms. The topological polar surface area (TPSA) is 248 Å². The van der Waals surface area contributed by atoms with Gasteiger partial charge in [0.2, 0.25) is 0 Å². The quantitative estimate of drug-likeness (QED) is 0.160. The van der Waals surface area contributed by atoms with Gasteiger partial charge in [0.1, 0.15) is 73.2 Å². The van der Waals surface area contributed by atoms with Gasteiger partial charge in [-0.05, 0) is 0 Å². The Morgan fingerprint density at radius 2 is 1.03 bits per heavy atom. The molecule has 3 aliphatic rings. The Labute approximate surface area is 187 Å². The SMILES string of the molecule is OCC1O[C@H](O[C@@H]2C(CO)O[C@H](O[C@@H]3C(CO)OCC(O)[C@H]3O)C(O)[C@H]2O)C(O)[C@@H](O)[C@@H]1O. The van der Waals surface area contributed by atoms with Gasteiger partial charge in [0.15, 0.2) is 12.6 Å². The maximum absolute atomic E-state index is 10.6. The van der Waals surface area contributed by atoms with Crippen LogP contribution in [-0.2, 0) is 23.7 Å². The number of rotatable bonds is 7. The fourth-order valence-corrected chi connectivity index (χ4v) is 4.00. The fraction of sp³-hybridized carbons (Fsp3) is 1.00. The molecule has 0 aliphatic carbocycles. The second-order valence-electron chi connectivity index (χ2n) is 8.22. The lowest BCUT2D eigenvalue weighted by molar-refractivity contribution is -0.371. The van der Waals surface area contributed by atoms with Gasteiger partial charge in [-0.25, -0.2) is 0 Å². The molecule has 0 saturated carbocycles. The summed E-state index contributed by atoms with van der Waals surface area (Å²) in [5.74, 6) is 0. The normalized spacial score (nSPS) is 51.5. The lowest BCUT2D eigenvalue weighted by Crippen LogP contribution is -2.66. The van der Waals surface area contributed by atoms with E-state index in [4.69, 9.17) is 23.7 Å². The van der Waals surface area contributed by atoms with E-state index in [2.05, 4.69) is 0 Å². The number of aliphatic hydroxyl groups is 10. The molecule has 15 heteroatoms. The molecule has 3 aliphatic heterocycles. The van der Waals surface area contributed by atoms with Gasteiger partial charge in [0.05, 0.1) is 26.4 Å². The van der Waals surface area contributed by atoms with Crippen LogP contribution in [0, 0.1) is 0 Å². The van der Waals surface area contributed by atoms with Crippen molar-refractivity contribution in [1.29, 1.82) is 0 Å². The summed E-state index contributed by atoms with van der Waals surface area (Å²) in [6.07, 6.45) is -21.7. The Morgan fingerprint density at radius 1 is 0.545 bits per heavy atom. The highest BCUT2D eigenvalue weighted by atomic mass is 16.7. The summed E-state index contributed by atoms with van der Waals surface area (Å²) in [4.78, 5) is 0. The van der Waals surface area contributed by atoms with Crippen molar-refractivity contribution in [3.05, 3.63) is 0 Å². The van der Waals surface area contributed by atoms with E-state index >= 15 is 0 Å². The van der Waals surface area contributed by atoms with Crippen molar-refractivity contribution in [3.8, 4) is 0 Å². The minimum absolute atomic E-state index is 0.267. The Morgan fingerprint density at radius 3 is 1.58 bits per heavy atom. The minimum atomic E-state index is -1.84. The zero-order chi connectivity index (χ0) is 24.4. The van der Waals surface area contributed by atoms with E-state index in [0.717, 1.165) is 0 Å². The van der Waals surface area contributed by atoms with Crippen LogP contribution < -0.4 is 0 Å². The Balaban J connectivity index is 1.71. The van der Waals surface area contributed by atoms with Gasteiger partial charge < -0.3 is 74.7 Å². The van der Waals surface area contributed by atoms with Crippen molar-refractivity contribution in [2.45, 2.75) is 85.8 Å². The zero-order valence-corrected chi connectivity index (χ0v) is 17.4. The van der Waals surface area contributed by atoms with Crippen LogP contribution in [0.2, 0.25) is 0 Å². The predicted octanol–water partition coefficient (Wildman–Crippen LogP) is -6.89. The molecule has 14 atom stereocenters. The van der Waals surface area contributed by atoms with E-state index in [-0.39, 0.29) is 6.61 Å². The molecule has 0 amide bonds. The fourth-order valence-electron chi connectivity index (χ4n) is 4.00. The van der Waals surface area contributed by atoms with Crippen molar-refractivity contribution in [3.63, 3.8) is 0 Å². The summed E-state index contributed by atoms with van der Waals surface area (Å²) in [5.41, 5.74) is 0. The van der Waals surface area contributed by atoms with Crippen molar-refractivity contribution < 1.29 is 74.7 Å². The molecule has 0 aromatic carbocycles. The Hall–Kier alpha value is -0.600. The molecule has 194 valence electrons. The van der Waals surface area contributed by atoms with Crippen LogP contribution in [0.1, 0.15) is 0 Å². The molecule has 3 fully saturated rings. The third-order valence-electron chi connectivity index (χ3n) is 6.01. The molecule has 0 aromatic rings. The second-order valence-corrected chi connectivity index (χ2v) is 8.22. The summed E-state index contributed by atoms with van der Waals surface area (Å²) in [6.45, 7) is -2.36. The van der Waals surface area contributed by atoms with E-state index in [1.54, 1.807) is 0 Å². The van der Waals surface area contributed by atoms with E-state index < -0.39 is 106 Å². The summed E-state index contributed by atoms with van der Waals surface area (Å²) < 4.78 is 26.8. The average Bonchev–Trinajstić information content (AvgIpc) is 2.81. The standard InChI is InChI=1S/C18H32O15/c19-1-6-10(24)11(25)13(27)17(30-6)33-16-8(3-21)31-18(14(28)12(16)26)32-15-7(2-20)29-4-5(22)9(15)23/h5-28H,1-4H2/t5?,6?,7?,8?,9-,10-,11+,12-,13?,14?,15-,16-,17-,18-/m1/s1. The van der Waals surface area contributed by atoms with E-state index in [0.29, 0.717) is 0 Å². The molecule has 10 N–H and O–H groups in total. The van der Waals surface area contributed by atoms with E-state index in [9.17, 15) is 51.1 Å². The molecule has 3 saturated heterocycles. The Bertz CT molecular complexity index is 605. The van der Waals surface area contributed by atoms with Gasteiger partial charge in [0.25, 0.3) is 0 Å². The molecular weight excluding hydrogens is 456 g/mol. The van der Waals surface area contributed by atoms with Crippen LogP contribution in [0.25, 0.3) is 0 Å². The van der Waals surface area contributed by atoms with Gasteiger partial charge in [-0.3, -0.25) is 0 Å². The zero-order valence-electron chi connectivity index (χ0n) is 17.4. The number of ether oxygens (including phenoxy) is 5. The van der Waals surface area contributed by atoms with Gasteiger partial charge in [-0.15, -0.1) is 0 Å². The number of hydrogen-bond acceptors (Lipinski definition) is 15. The van der Waals surface area contributed by atoms with Crippen LogP contribution in [0.3, 0.4) is 0 Å². The van der Waals surface area contributed by atoms with E-state index in [1.807, 2.05) is 0 Å². The molecule has 3 heterocycles. The van der Waals surface area contributed by atoms with Crippen molar-refractivity contribution in [2.75, 3.05) is 26.4 Å². The molecule has 0 aromatic heterocycles. The third-order valence-corrected chi connectivity index (χ3v) is 6.01. The molecule has 0 radical (unpaired) electrons. The first-order chi connectivity index (χ1) is 15.6. The maximum Gasteiger partial charge on any atom is 0.187 e. The van der Waals surface area contributed by atoms with Gasteiger partial charge in [0, 0.05) is 0 Å². The highest BCUT2D eigenvalue weighted by Crippen LogP contribution is 2.31. The molecule has 3 rings (SSSR count). The van der Waals surface area contributed by atoms with Crippen molar-refractivity contribution in [2.24, 2.45) is 0 Å². The largest absolute Gasteiger partial charge is 0.394 e. The predicted molar refractivity (Wildman–Crippen MR) is 100 cm³/mol. The molecule has 6 unspecified atom stereocenters. The van der Waals surface area contributed by atoms with Gasteiger partial charge in [-0.2, -0.15) is 0 Å². The lowest BCUT2D eigenvalue weighted by Gasteiger charge is -2.47. The molecule has 15 nitrogen and oxygen atoms in total. The highest BCUT2D eigenvalue weighted by Gasteiger charge is 2.52. The van der Waals surface area contributed by atoms with Crippen LogP contribution in [0.4, 0.5) is 0 Å². The van der Waals surface area contributed by atoms with Crippen LogP contribution >= 0.6 is 0 Å². The smallest absolute Gasteiger partial charge is 0.187 e. The summed E-state index contributed by atoms with van der Waals surface area (Å²) >= 11 is 0. The summed E-state index contributed by atoms with van der Waals surface area (Å²) in [6, 6.07) is 0. The highest BCUT2D eigenvalue weighted by molar-refractivity contribution is 4.95. The summed E-state index contributed by atoms with van der Waals surface area (Å²) in [7, 11) is 0. The third kappa shape index (κ3) is 5.48. The van der Waals surface area contributed by atoms with Crippen LogP contribution in [0.5, 0.6) is 0 Å². The number of aliphatic hydroxyl groups excluding tert-OH is 10. The van der Waals surface area contributed by atoms with Gasteiger partial charge >= 0.3 is 0 Å². The molecule has 33 heavy (non-hydrogen) atoms. The van der Waals surface area contributed by atoms with Crippen LogP contribution in [0.15, 0.2) is 0 Å². The second kappa shape index (κ2) is 11.4. The first-order valence-corrected chi connectivity index (χ1v) is 10.5. The monoisotopic (exact) mass is 488 g/mol. The lowest BCUT2D eigenvalue weighted by atomic mass is 9.96. The van der Waals surface area contributed by atoms with Crippen molar-refractivity contribution >= 4 is 0 Å². The average molecular weight is 488 g/mol. The van der Waals surface area contributed by atoms with E-state index in [1.165, 1.54) is 0 Å². The molecular formula is C18H32O15. The van der Waals surface area contributed by atoms with Gasteiger partial charge in [-0.1, -0.05) is 0 Å². The van der Waals surface area contributed by atoms with Crippen molar-refractivity contribution in [1.82, 2.24) is 0 Å². The maximum atomic E-state index is 10.6. The first kappa shape index (κ1) is 27.0. The first-order valence-electron chi connectivity index (χ1n) is 10.5. The van der Waals surface area contributed by atoms with Crippen LogP contribution in [-0.4, -0.2) is 163 Å². The minimum Gasteiger partial charge on any atom is -0.394 e. The number of hydrogen-bond donors (Lipinski definition) is 10. The Kier molecular flexibility index (Phi) is 9.35. The summed E-state index contributed by atoms with van der Waals surface area (Å²) in [5, 5.41) is 99.4. The molecule has 0 spiro atoms.